The lowest BCUT2D eigenvalue weighted by molar-refractivity contribution is 0.222. The summed E-state index contributed by atoms with van der Waals surface area (Å²) in [6, 6.07) is 8.32. The molecule has 0 spiro atoms. The second-order valence-electron chi connectivity index (χ2n) is 8.23. The minimum Gasteiger partial charge on any atom is -0.357 e. The number of nitrogens with zero attached hydrogens (tertiary/aromatic N) is 3. The fraction of sp³-hybridized carbons (Fsp3) is 0.667. The highest BCUT2D eigenvalue weighted by Crippen LogP contribution is 2.14. The van der Waals surface area contributed by atoms with Gasteiger partial charge in [0.15, 0.2) is 5.96 Å². The molecular formula is C24H43IN6O. The van der Waals surface area contributed by atoms with Crippen LogP contribution in [0.1, 0.15) is 58.9 Å². The molecule has 1 saturated heterocycles. The van der Waals surface area contributed by atoms with Crippen LogP contribution in [0.4, 0.5) is 10.5 Å². The fourth-order valence-corrected chi connectivity index (χ4v) is 3.83. The van der Waals surface area contributed by atoms with Crippen molar-refractivity contribution in [1.29, 1.82) is 0 Å². The number of carbonyl (C=O) groups is 1. The number of anilines is 1. The van der Waals surface area contributed by atoms with E-state index in [1.807, 2.05) is 29.2 Å². The smallest absolute Gasteiger partial charge is 0.321 e. The maximum absolute atomic E-state index is 12.3. The lowest BCUT2D eigenvalue weighted by atomic mass is 10.2. The van der Waals surface area contributed by atoms with Crippen molar-refractivity contribution in [1.82, 2.24) is 20.4 Å². The zero-order chi connectivity index (χ0) is 22.5. The van der Waals surface area contributed by atoms with E-state index in [0.717, 1.165) is 75.7 Å². The fourth-order valence-electron chi connectivity index (χ4n) is 3.83. The zero-order valence-corrected chi connectivity index (χ0v) is 22.7. The predicted molar refractivity (Wildman–Crippen MR) is 146 cm³/mol. The van der Waals surface area contributed by atoms with Gasteiger partial charge in [-0.1, -0.05) is 26.0 Å². The summed E-state index contributed by atoms with van der Waals surface area (Å²) in [6.45, 7) is 15.2. The van der Waals surface area contributed by atoms with E-state index in [1.54, 1.807) is 0 Å². The third-order valence-electron chi connectivity index (χ3n) is 5.72. The molecule has 0 bridgehead atoms. The predicted octanol–water partition coefficient (Wildman–Crippen LogP) is 4.50. The molecule has 182 valence electrons. The van der Waals surface area contributed by atoms with Gasteiger partial charge in [0.1, 0.15) is 0 Å². The monoisotopic (exact) mass is 558 g/mol. The second-order valence-corrected chi connectivity index (χ2v) is 8.23. The second kappa shape index (κ2) is 16.1. The zero-order valence-electron chi connectivity index (χ0n) is 20.3. The molecule has 1 aliphatic heterocycles. The minimum atomic E-state index is -0.00769. The minimum absolute atomic E-state index is 0. The molecule has 32 heavy (non-hydrogen) atoms. The van der Waals surface area contributed by atoms with Gasteiger partial charge in [0.2, 0.25) is 0 Å². The molecular weight excluding hydrogens is 515 g/mol. The first-order chi connectivity index (χ1) is 15.0. The summed E-state index contributed by atoms with van der Waals surface area (Å²) in [5.74, 6) is 0.837. The summed E-state index contributed by atoms with van der Waals surface area (Å²) in [5, 5.41) is 9.88. The number of nitrogens with one attached hydrogen (secondary N) is 3. The Balaban J connectivity index is 0.00000512. The summed E-state index contributed by atoms with van der Waals surface area (Å²) >= 11 is 0. The standard InChI is InChI=1S/C24H42N6O.HI/c1-5-25-23(27-20(4)12-11-15-29(6-2)7-3)26-19-21-13-10-14-22(18-21)28-24(31)30-16-8-9-17-30;/h10,13-14,18,20H,5-9,11-12,15-17,19H2,1-4H3,(H,28,31)(H2,25,26,27);1H. The molecule has 2 rings (SSSR count). The number of amides is 2. The maximum atomic E-state index is 12.3. The SMILES string of the molecule is CCNC(=NCc1cccc(NC(=O)N2CCCC2)c1)NC(C)CCCN(CC)CC.I. The first-order valence-electron chi connectivity index (χ1n) is 12.0. The van der Waals surface area contributed by atoms with Gasteiger partial charge in [-0.25, -0.2) is 9.79 Å². The van der Waals surface area contributed by atoms with Crippen molar-refractivity contribution in [2.45, 2.75) is 66.0 Å². The highest BCUT2D eigenvalue weighted by atomic mass is 127. The number of halogens is 1. The normalized spacial score (nSPS) is 14.8. The van der Waals surface area contributed by atoms with Gasteiger partial charge in [0.25, 0.3) is 0 Å². The van der Waals surface area contributed by atoms with Crippen LogP contribution in [0.25, 0.3) is 0 Å². The number of hydrogen-bond donors (Lipinski definition) is 3. The number of guanidine groups is 1. The molecule has 0 aromatic heterocycles. The van der Waals surface area contributed by atoms with E-state index in [-0.39, 0.29) is 30.0 Å². The van der Waals surface area contributed by atoms with E-state index in [0.29, 0.717) is 12.6 Å². The Morgan fingerprint density at radius 3 is 2.56 bits per heavy atom. The van der Waals surface area contributed by atoms with E-state index in [4.69, 9.17) is 4.99 Å². The lowest BCUT2D eigenvalue weighted by Crippen LogP contribution is -2.42. The van der Waals surface area contributed by atoms with Gasteiger partial charge in [-0.15, -0.1) is 24.0 Å². The third kappa shape index (κ3) is 10.4. The number of hydrogen-bond acceptors (Lipinski definition) is 3. The van der Waals surface area contributed by atoms with Gasteiger partial charge in [-0.2, -0.15) is 0 Å². The van der Waals surface area contributed by atoms with Gasteiger partial charge < -0.3 is 25.8 Å². The Bertz CT molecular complexity index is 689. The molecule has 0 aliphatic carbocycles. The van der Waals surface area contributed by atoms with Crippen molar-refractivity contribution in [3.63, 3.8) is 0 Å². The van der Waals surface area contributed by atoms with Crippen LogP contribution in [0, 0.1) is 0 Å². The van der Waals surface area contributed by atoms with Crippen molar-refractivity contribution >= 4 is 41.7 Å². The maximum Gasteiger partial charge on any atom is 0.321 e. The van der Waals surface area contributed by atoms with Crippen LogP contribution in [0.2, 0.25) is 0 Å². The quantitative estimate of drug-likeness (QED) is 0.213. The van der Waals surface area contributed by atoms with E-state index >= 15 is 0 Å². The number of aliphatic imine (C=N–C) groups is 1. The molecule has 1 heterocycles. The Morgan fingerprint density at radius 1 is 1.19 bits per heavy atom. The highest BCUT2D eigenvalue weighted by molar-refractivity contribution is 14.0. The molecule has 7 nitrogen and oxygen atoms in total. The van der Waals surface area contributed by atoms with Gasteiger partial charge in [-0.3, -0.25) is 0 Å². The molecule has 3 N–H and O–H groups in total. The molecule has 0 radical (unpaired) electrons. The van der Waals surface area contributed by atoms with Crippen LogP contribution in [-0.4, -0.2) is 67.1 Å². The van der Waals surface area contributed by atoms with Crippen LogP contribution in [0.3, 0.4) is 0 Å². The molecule has 1 aromatic carbocycles. The first kappa shape index (κ1) is 28.5. The molecule has 0 saturated carbocycles. The molecule has 2 amide bonds. The highest BCUT2D eigenvalue weighted by Gasteiger charge is 2.17. The molecule has 1 unspecified atom stereocenters. The first-order valence-corrected chi connectivity index (χ1v) is 12.0. The van der Waals surface area contributed by atoms with E-state index < -0.39 is 0 Å². The Morgan fingerprint density at radius 2 is 1.91 bits per heavy atom. The third-order valence-corrected chi connectivity index (χ3v) is 5.72. The van der Waals surface area contributed by atoms with Crippen molar-refractivity contribution in [3.8, 4) is 0 Å². The molecule has 1 atom stereocenters. The van der Waals surface area contributed by atoms with Gasteiger partial charge >= 0.3 is 6.03 Å². The number of likely N-dealkylation sites (tertiary alicyclic amines) is 1. The van der Waals surface area contributed by atoms with Crippen LogP contribution < -0.4 is 16.0 Å². The van der Waals surface area contributed by atoms with Crippen molar-refractivity contribution in [2.75, 3.05) is 44.6 Å². The number of urea groups is 1. The average molecular weight is 559 g/mol. The van der Waals surface area contributed by atoms with E-state index in [9.17, 15) is 4.79 Å². The van der Waals surface area contributed by atoms with Crippen molar-refractivity contribution < 1.29 is 4.79 Å². The summed E-state index contributed by atoms with van der Waals surface area (Å²) in [5.41, 5.74) is 1.90. The van der Waals surface area contributed by atoms with E-state index in [2.05, 4.69) is 48.5 Å². The molecule has 1 aromatic rings. The summed E-state index contributed by atoms with van der Waals surface area (Å²) in [6.07, 6.45) is 4.47. The van der Waals surface area contributed by atoms with Crippen molar-refractivity contribution in [2.24, 2.45) is 4.99 Å². The number of benzene rings is 1. The van der Waals surface area contributed by atoms with E-state index in [1.165, 1.54) is 6.42 Å². The molecule has 8 heteroatoms. The molecule has 1 aliphatic rings. The van der Waals surface area contributed by atoms with Crippen molar-refractivity contribution in [3.05, 3.63) is 29.8 Å². The average Bonchev–Trinajstić information content (AvgIpc) is 3.31. The largest absolute Gasteiger partial charge is 0.357 e. The lowest BCUT2D eigenvalue weighted by Gasteiger charge is -2.21. The van der Waals surface area contributed by atoms with Crippen LogP contribution >= 0.6 is 24.0 Å². The summed E-state index contributed by atoms with van der Waals surface area (Å²) in [4.78, 5) is 21.4. The van der Waals surface area contributed by atoms with Gasteiger partial charge in [0.05, 0.1) is 6.54 Å². The van der Waals surface area contributed by atoms with Gasteiger partial charge in [-0.05, 0) is 76.9 Å². The summed E-state index contributed by atoms with van der Waals surface area (Å²) in [7, 11) is 0. The number of carbonyl (C=O) groups excluding carboxylic acids is 1. The Labute approximate surface area is 211 Å². The van der Waals surface area contributed by atoms with Crippen LogP contribution in [-0.2, 0) is 6.54 Å². The topological polar surface area (TPSA) is 72.0 Å². The number of rotatable bonds is 11. The Hall–Kier alpha value is -1.55. The van der Waals surface area contributed by atoms with Crippen LogP contribution in [0.5, 0.6) is 0 Å². The van der Waals surface area contributed by atoms with Gasteiger partial charge in [0, 0.05) is 31.4 Å². The summed E-state index contributed by atoms with van der Waals surface area (Å²) < 4.78 is 0. The molecule has 1 fully saturated rings. The van der Waals surface area contributed by atoms with Crippen LogP contribution in [0.15, 0.2) is 29.3 Å². The Kier molecular flexibility index (Phi) is 14.4.